The smallest absolute Gasteiger partial charge is 0.239 e. The lowest BCUT2D eigenvalue weighted by Crippen LogP contribution is -2.45. The van der Waals surface area contributed by atoms with Crippen LogP contribution in [0.2, 0.25) is 0 Å². The van der Waals surface area contributed by atoms with Gasteiger partial charge in [0.05, 0.1) is 0 Å². The Bertz CT molecular complexity index is 505. The molecule has 2 aromatic rings. The SMILES string of the molecule is C#CC(CC)CO[SiH](c1ccccc1)c1ccccc1. The van der Waals surface area contributed by atoms with Crippen LogP contribution in [-0.4, -0.2) is 15.6 Å². The summed E-state index contributed by atoms with van der Waals surface area (Å²) in [5.41, 5.74) is 0. The Morgan fingerprint density at radius 1 is 1.00 bits per heavy atom. The summed E-state index contributed by atoms with van der Waals surface area (Å²) in [6.07, 6.45) is 6.49. The van der Waals surface area contributed by atoms with Crippen LogP contribution >= 0.6 is 0 Å². The van der Waals surface area contributed by atoms with Crippen LogP contribution in [0.3, 0.4) is 0 Å². The molecule has 0 saturated carbocycles. The molecule has 0 aliphatic carbocycles. The van der Waals surface area contributed by atoms with Gasteiger partial charge in [0.1, 0.15) is 0 Å². The van der Waals surface area contributed by atoms with Gasteiger partial charge in [0.15, 0.2) is 0 Å². The Kier molecular flexibility index (Phi) is 5.61. The minimum absolute atomic E-state index is 0.206. The van der Waals surface area contributed by atoms with Gasteiger partial charge in [-0.05, 0) is 16.8 Å². The van der Waals surface area contributed by atoms with Crippen molar-refractivity contribution in [2.45, 2.75) is 13.3 Å². The molecule has 1 nitrogen and oxygen atoms in total. The van der Waals surface area contributed by atoms with Crippen LogP contribution in [-0.2, 0) is 4.43 Å². The molecule has 1 atom stereocenters. The Morgan fingerprint density at radius 3 is 1.90 bits per heavy atom. The van der Waals surface area contributed by atoms with Crippen molar-refractivity contribution in [1.82, 2.24) is 0 Å². The van der Waals surface area contributed by atoms with Crippen molar-refractivity contribution in [3.05, 3.63) is 60.7 Å². The van der Waals surface area contributed by atoms with E-state index in [0.717, 1.165) is 6.42 Å². The maximum Gasteiger partial charge on any atom is 0.239 e. The van der Waals surface area contributed by atoms with Gasteiger partial charge in [-0.1, -0.05) is 67.6 Å². The van der Waals surface area contributed by atoms with Crippen LogP contribution in [0, 0.1) is 18.3 Å². The minimum Gasteiger partial charge on any atom is -0.410 e. The zero-order valence-electron chi connectivity index (χ0n) is 11.8. The number of hydrogen-bond donors (Lipinski definition) is 0. The summed E-state index contributed by atoms with van der Waals surface area (Å²) in [7, 11) is -1.63. The van der Waals surface area contributed by atoms with Crippen LogP contribution in [0.1, 0.15) is 13.3 Å². The highest BCUT2D eigenvalue weighted by atomic mass is 28.3. The largest absolute Gasteiger partial charge is 0.410 e. The molecule has 2 rings (SSSR count). The van der Waals surface area contributed by atoms with E-state index in [9.17, 15) is 0 Å². The fourth-order valence-corrected chi connectivity index (χ4v) is 4.47. The van der Waals surface area contributed by atoms with Gasteiger partial charge >= 0.3 is 0 Å². The molecule has 0 saturated heterocycles. The summed E-state index contributed by atoms with van der Waals surface area (Å²) in [6.45, 7) is 2.75. The molecule has 102 valence electrons. The van der Waals surface area contributed by atoms with Gasteiger partial charge < -0.3 is 4.43 Å². The van der Waals surface area contributed by atoms with E-state index in [0.29, 0.717) is 6.61 Å². The molecule has 20 heavy (non-hydrogen) atoms. The third-order valence-electron chi connectivity index (χ3n) is 3.40. The summed E-state index contributed by atoms with van der Waals surface area (Å²) in [5, 5.41) is 2.59. The van der Waals surface area contributed by atoms with Crippen LogP contribution in [0.15, 0.2) is 60.7 Å². The Labute approximate surface area is 123 Å². The van der Waals surface area contributed by atoms with Crippen LogP contribution in [0.25, 0.3) is 0 Å². The molecule has 0 bridgehead atoms. The van der Waals surface area contributed by atoms with E-state index >= 15 is 0 Å². The molecule has 0 heterocycles. The predicted molar refractivity (Wildman–Crippen MR) is 87.9 cm³/mol. The normalized spacial score (nSPS) is 12.1. The zero-order valence-corrected chi connectivity index (χ0v) is 13.0. The molecular weight excluding hydrogens is 260 g/mol. The van der Waals surface area contributed by atoms with Crippen molar-refractivity contribution >= 4 is 19.4 Å². The highest BCUT2D eigenvalue weighted by molar-refractivity contribution is 6.80. The summed E-state index contributed by atoms with van der Waals surface area (Å²) in [6, 6.07) is 21.0. The van der Waals surface area contributed by atoms with Crippen molar-refractivity contribution in [2.75, 3.05) is 6.61 Å². The molecule has 0 radical (unpaired) electrons. The number of benzene rings is 2. The topological polar surface area (TPSA) is 9.23 Å². The molecule has 0 aliphatic rings. The third kappa shape index (κ3) is 3.83. The van der Waals surface area contributed by atoms with Crippen molar-refractivity contribution in [2.24, 2.45) is 5.92 Å². The van der Waals surface area contributed by atoms with Crippen molar-refractivity contribution < 1.29 is 4.43 Å². The van der Waals surface area contributed by atoms with Crippen molar-refractivity contribution in [3.8, 4) is 12.3 Å². The fraction of sp³-hybridized carbons (Fsp3) is 0.222. The highest BCUT2D eigenvalue weighted by Crippen LogP contribution is 2.03. The molecular formula is C18H20OSi. The minimum atomic E-state index is -1.63. The summed E-state index contributed by atoms with van der Waals surface area (Å²) < 4.78 is 6.25. The van der Waals surface area contributed by atoms with E-state index in [1.54, 1.807) is 0 Å². The van der Waals surface area contributed by atoms with E-state index in [1.165, 1.54) is 10.4 Å². The molecule has 0 N–H and O–H groups in total. The molecule has 0 fully saturated rings. The second-order valence-electron chi connectivity index (χ2n) is 4.81. The summed E-state index contributed by atoms with van der Waals surface area (Å²) in [4.78, 5) is 0. The van der Waals surface area contributed by atoms with E-state index in [2.05, 4.69) is 61.4 Å². The first-order valence-corrected chi connectivity index (χ1v) is 8.65. The Morgan fingerprint density at radius 2 is 1.50 bits per heavy atom. The lowest BCUT2D eigenvalue weighted by molar-refractivity contribution is 0.289. The van der Waals surface area contributed by atoms with E-state index in [-0.39, 0.29) is 5.92 Å². The van der Waals surface area contributed by atoms with Crippen molar-refractivity contribution in [3.63, 3.8) is 0 Å². The zero-order chi connectivity index (χ0) is 14.2. The molecule has 2 heteroatoms. The average molecular weight is 280 g/mol. The first-order chi connectivity index (χ1) is 9.85. The lowest BCUT2D eigenvalue weighted by atomic mass is 10.1. The third-order valence-corrected chi connectivity index (χ3v) is 5.90. The quantitative estimate of drug-likeness (QED) is 0.582. The first-order valence-electron chi connectivity index (χ1n) is 7.02. The number of terminal acetylenes is 1. The van der Waals surface area contributed by atoms with Crippen LogP contribution in [0.4, 0.5) is 0 Å². The van der Waals surface area contributed by atoms with Crippen LogP contribution in [0.5, 0.6) is 0 Å². The maximum absolute atomic E-state index is 6.25. The fourth-order valence-electron chi connectivity index (χ4n) is 2.14. The maximum atomic E-state index is 6.25. The Hall–Kier alpha value is -1.82. The molecule has 0 aliphatic heterocycles. The molecule has 0 aromatic heterocycles. The average Bonchev–Trinajstić information content (AvgIpc) is 2.53. The van der Waals surface area contributed by atoms with Crippen molar-refractivity contribution in [1.29, 1.82) is 0 Å². The molecule has 1 unspecified atom stereocenters. The van der Waals surface area contributed by atoms with E-state index in [1.807, 2.05) is 12.1 Å². The summed E-state index contributed by atoms with van der Waals surface area (Å²) >= 11 is 0. The monoisotopic (exact) mass is 280 g/mol. The number of hydrogen-bond acceptors (Lipinski definition) is 1. The van der Waals surface area contributed by atoms with Gasteiger partial charge in [0, 0.05) is 12.5 Å². The standard InChI is InChI=1S/C18H20OSi/c1-3-16(4-2)15-19-20(17-11-7-5-8-12-17)18-13-9-6-10-14-18/h1,5-14,16,20H,4,15H2,2H3. The molecule has 0 amide bonds. The van der Waals surface area contributed by atoms with Gasteiger partial charge in [-0.25, -0.2) is 0 Å². The molecule has 0 spiro atoms. The predicted octanol–water partition coefficient (Wildman–Crippen LogP) is 2.20. The van der Waals surface area contributed by atoms with Gasteiger partial charge in [-0.3, -0.25) is 0 Å². The van der Waals surface area contributed by atoms with E-state index in [4.69, 9.17) is 10.8 Å². The Balaban J connectivity index is 2.20. The van der Waals surface area contributed by atoms with Gasteiger partial charge in [-0.15, -0.1) is 12.3 Å². The van der Waals surface area contributed by atoms with E-state index < -0.39 is 9.04 Å². The second-order valence-corrected chi connectivity index (χ2v) is 7.23. The first kappa shape index (κ1) is 14.6. The van der Waals surface area contributed by atoms with Gasteiger partial charge in [0.2, 0.25) is 9.04 Å². The highest BCUT2D eigenvalue weighted by Gasteiger charge is 2.18. The van der Waals surface area contributed by atoms with Crippen LogP contribution < -0.4 is 10.4 Å². The summed E-state index contributed by atoms with van der Waals surface area (Å²) in [5.74, 6) is 3.01. The van der Waals surface area contributed by atoms with Gasteiger partial charge in [0.25, 0.3) is 0 Å². The molecule has 2 aromatic carbocycles. The second kappa shape index (κ2) is 7.69. The lowest BCUT2D eigenvalue weighted by Gasteiger charge is -2.19. The number of rotatable bonds is 6. The van der Waals surface area contributed by atoms with Gasteiger partial charge in [-0.2, -0.15) is 0 Å².